The fourth-order valence-corrected chi connectivity index (χ4v) is 4.57. The zero-order valence-corrected chi connectivity index (χ0v) is 20.9. The summed E-state index contributed by atoms with van der Waals surface area (Å²) in [4.78, 5) is 52.8. The molecule has 0 spiro atoms. The zero-order chi connectivity index (χ0) is 24.7. The molecule has 0 aromatic heterocycles. The second-order valence-electron chi connectivity index (χ2n) is 7.96. The number of hydrogen-bond acceptors (Lipinski definition) is 6. The first-order chi connectivity index (χ1) is 16.3. The van der Waals surface area contributed by atoms with Crippen LogP contribution in [-0.2, 0) is 9.59 Å². The minimum atomic E-state index is -0.744. The lowest BCUT2D eigenvalue weighted by Gasteiger charge is -2.22. The summed E-state index contributed by atoms with van der Waals surface area (Å²) in [5, 5.41) is 5.12. The van der Waals surface area contributed by atoms with Gasteiger partial charge in [-0.15, -0.1) is 11.8 Å². The van der Waals surface area contributed by atoms with E-state index < -0.39 is 6.04 Å². The van der Waals surface area contributed by atoms with E-state index in [1.165, 1.54) is 0 Å². The number of rotatable bonds is 9. The highest BCUT2D eigenvalue weighted by Crippen LogP contribution is 2.32. The molecule has 34 heavy (non-hydrogen) atoms. The molecule has 1 fully saturated rings. The van der Waals surface area contributed by atoms with Crippen molar-refractivity contribution in [2.45, 2.75) is 24.8 Å². The first-order valence-corrected chi connectivity index (χ1v) is 12.9. The molecule has 1 aliphatic rings. The van der Waals surface area contributed by atoms with Gasteiger partial charge in [0, 0.05) is 23.5 Å². The van der Waals surface area contributed by atoms with E-state index in [-0.39, 0.29) is 42.0 Å². The lowest BCUT2D eigenvalue weighted by atomic mass is 10.0. The van der Waals surface area contributed by atoms with Crippen molar-refractivity contribution in [2.75, 3.05) is 19.3 Å². The minimum absolute atomic E-state index is 0.0522. The van der Waals surface area contributed by atoms with Gasteiger partial charge in [0.05, 0.1) is 4.91 Å². The molecule has 1 atom stereocenters. The maximum absolute atomic E-state index is 12.7. The molecule has 0 radical (unpaired) electrons. The predicted octanol–water partition coefficient (Wildman–Crippen LogP) is 4.02. The molecule has 9 heteroatoms. The van der Waals surface area contributed by atoms with Gasteiger partial charge in [-0.05, 0) is 59.8 Å². The Morgan fingerprint density at radius 2 is 1.74 bits per heavy atom. The highest BCUT2D eigenvalue weighted by molar-refractivity contribution is 8.18. The van der Waals surface area contributed by atoms with E-state index in [2.05, 4.69) is 10.6 Å². The Labute approximate surface area is 207 Å². The van der Waals surface area contributed by atoms with Gasteiger partial charge in [0.15, 0.2) is 0 Å². The van der Waals surface area contributed by atoms with E-state index in [0.717, 1.165) is 27.1 Å². The number of hydrogen-bond donors (Lipinski definition) is 2. The molecule has 2 aromatic carbocycles. The fraction of sp³-hybridized carbons (Fsp3) is 0.280. The lowest BCUT2D eigenvalue weighted by Crippen LogP contribution is -2.51. The van der Waals surface area contributed by atoms with E-state index in [1.807, 2.05) is 50.4 Å². The Kier molecular flexibility index (Phi) is 8.95. The Morgan fingerprint density at radius 1 is 1.06 bits per heavy atom. The van der Waals surface area contributed by atoms with Gasteiger partial charge in [-0.1, -0.05) is 44.2 Å². The molecule has 178 valence electrons. The fourth-order valence-electron chi connectivity index (χ4n) is 3.29. The number of imide groups is 1. The number of nitrogens with zero attached hydrogens (tertiary/aromatic N) is 1. The Morgan fingerprint density at radius 3 is 2.35 bits per heavy atom. The van der Waals surface area contributed by atoms with Crippen LogP contribution in [0.5, 0.6) is 0 Å². The third kappa shape index (κ3) is 6.51. The first-order valence-electron chi connectivity index (χ1n) is 10.8. The molecule has 2 aromatic rings. The first kappa shape index (κ1) is 25.6. The number of amides is 4. The standard InChI is InChI=1S/C25H27N3O4S2/c1-16(2)21(27-22(29)18-7-5-4-6-8-18)23(30)26-13-14-28-24(31)20(34-25(28)32)15-17-9-11-19(33-3)12-10-17/h4-12,15-16,21H,13-14H2,1-3H3,(H,26,30)(H,27,29)/b20-15-. The number of thioether (sulfide) groups is 2. The van der Waals surface area contributed by atoms with Crippen molar-refractivity contribution in [1.29, 1.82) is 0 Å². The van der Waals surface area contributed by atoms with Gasteiger partial charge in [-0.25, -0.2) is 0 Å². The summed E-state index contributed by atoms with van der Waals surface area (Å²) in [6.45, 7) is 3.82. The summed E-state index contributed by atoms with van der Waals surface area (Å²) in [6, 6.07) is 15.6. The van der Waals surface area contributed by atoms with Crippen molar-refractivity contribution >= 4 is 52.6 Å². The van der Waals surface area contributed by atoms with Crippen LogP contribution in [-0.4, -0.2) is 53.2 Å². The Balaban J connectivity index is 1.56. The molecular formula is C25H27N3O4S2. The van der Waals surface area contributed by atoms with Gasteiger partial charge in [-0.2, -0.15) is 0 Å². The van der Waals surface area contributed by atoms with Crippen LogP contribution < -0.4 is 10.6 Å². The molecule has 1 aliphatic heterocycles. The van der Waals surface area contributed by atoms with Crippen LogP contribution in [0.15, 0.2) is 64.4 Å². The van der Waals surface area contributed by atoms with Gasteiger partial charge in [0.25, 0.3) is 17.1 Å². The van der Waals surface area contributed by atoms with Crippen LogP contribution in [0.25, 0.3) is 6.08 Å². The van der Waals surface area contributed by atoms with Gasteiger partial charge in [-0.3, -0.25) is 24.1 Å². The molecule has 0 aliphatic carbocycles. The number of benzene rings is 2. The number of nitrogens with one attached hydrogen (secondary N) is 2. The highest BCUT2D eigenvalue weighted by Gasteiger charge is 2.35. The summed E-state index contributed by atoms with van der Waals surface area (Å²) < 4.78 is 0. The summed E-state index contributed by atoms with van der Waals surface area (Å²) in [7, 11) is 0. The minimum Gasteiger partial charge on any atom is -0.353 e. The van der Waals surface area contributed by atoms with E-state index >= 15 is 0 Å². The van der Waals surface area contributed by atoms with Crippen LogP contribution in [0, 0.1) is 5.92 Å². The van der Waals surface area contributed by atoms with Crippen LogP contribution in [0.1, 0.15) is 29.8 Å². The van der Waals surface area contributed by atoms with Crippen molar-refractivity contribution in [1.82, 2.24) is 15.5 Å². The average molecular weight is 498 g/mol. The van der Waals surface area contributed by atoms with Gasteiger partial charge in [0.2, 0.25) is 5.91 Å². The van der Waals surface area contributed by atoms with Crippen LogP contribution >= 0.6 is 23.5 Å². The average Bonchev–Trinajstić information content (AvgIpc) is 3.10. The lowest BCUT2D eigenvalue weighted by molar-refractivity contribution is -0.125. The monoisotopic (exact) mass is 497 g/mol. The zero-order valence-electron chi connectivity index (χ0n) is 19.2. The topological polar surface area (TPSA) is 95.6 Å². The molecule has 0 saturated carbocycles. The summed E-state index contributed by atoms with van der Waals surface area (Å²) in [6.07, 6.45) is 3.68. The SMILES string of the molecule is CSc1ccc(/C=C2\SC(=O)N(CCNC(=O)C(NC(=O)c3ccccc3)C(C)C)C2=O)cc1. The molecule has 1 unspecified atom stereocenters. The van der Waals surface area contributed by atoms with E-state index in [1.54, 1.807) is 42.1 Å². The number of carbonyl (C=O) groups excluding carboxylic acids is 4. The summed E-state index contributed by atoms with van der Waals surface area (Å²) >= 11 is 2.51. The van der Waals surface area contributed by atoms with Crippen molar-refractivity contribution < 1.29 is 19.2 Å². The summed E-state index contributed by atoms with van der Waals surface area (Å²) in [5.41, 5.74) is 1.30. The molecule has 0 bridgehead atoms. The van der Waals surface area contributed by atoms with Crippen LogP contribution in [0.3, 0.4) is 0 Å². The second kappa shape index (κ2) is 11.9. The molecule has 2 N–H and O–H groups in total. The van der Waals surface area contributed by atoms with Gasteiger partial charge >= 0.3 is 0 Å². The summed E-state index contributed by atoms with van der Waals surface area (Å²) in [5.74, 6) is -1.23. The largest absolute Gasteiger partial charge is 0.353 e. The van der Waals surface area contributed by atoms with Crippen molar-refractivity contribution in [2.24, 2.45) is 5.92 Å². The molecular weight excluding hydrogens is 470 g/mol. The third-order valence-electron chi connectivity index (χ3n) is 5.19. The van der Waals surface area contributed by atoms with Crippen molar-refractivity contribution in [3.8, 4) is 0 Å². The maximum Gasteiger partial charge on any atom is 0.293 e. The normalized spacial score (nSPS) is 15.6. The quantitative estimate of drug-likeness (QED) is 0.401. The van der Waals surface area contributed by atoms with Crippen molar-refractivity contribution in [3.63, 3.8) is 0 Å². The Hall–Kier alpha value is -3.04. The van der Waals surface area contributed by atoms with Crippen LogP contribution in [0.4, 0.5) is 4.79 Å². The van der Waals surface area contributed by atoms with Gasteiger partial charge < -0.3 is 10.6 Å². The molecule has 3 rings (SSSR count). The third-order valence-corrected chi connectivity index (χ3v) is 6.84. The molecule has 1 saturated heterocycles. The molecule has 1 heterocycles. The number of carbonyl (C=O) groups is 4. The predicted molar refractivity (Wildman–Crippen MR) is 136 cm³/mol. The highest BCUT2D eigenvalue weighted by atomic mass is 32.2. The maximum atomic E-state index is 12.7. The van der Waals surface area contributed by atoms with Crippen LogP contribution in [0.2, 0.25) is 0 Å². The van der Waals surface area contributed by atoms with E-state index in [4.69, 9.17) is 0 Å². The van der Waals surface area contributed by atoms with Gasteiger partial charge in [0.1, 0.15) is 6.04 Å². The Bertz CT molecular complexity index is 1090. The van der Waals surface area contributed by atoms with Crippen molar-refractivity contribution in [3.05, 3.63) is 70.6 Å². The molecule has 7 nitrogen and oxygen atoms in total. The van der Waals surface area contributed by atoms with E-state index in [0.29, 0.717) is 10.5 Å². The smallest absolute Gasteiger partial charge is 0.293 e. The van der Waals surface area contributed by atoms with E-state index in [9.17, 15) is 19.2 Å². The molecule has 4 amide bonds. The second-order valence-corrected chi connectivity index (χ2v) is 9.83.